The molecule has 0 N–H and O–H groups in total. The van der Waals surface area contributed by atoms with Crippen LogP contribution in [0.5, 0.6) is 11.5 Å². The summed E-state index contributed by atoms with van der Waals surface area (Å²) in [4.78, 5) is 4.50. The summed E-state index contributed by atoms with van der Waals surface area (Å²) in [5, 5.41) is -1.86. The molecule has 0 saturated heterocycles. The summed E-state index contributed by atoms with van der Waals surface area (Å²) in [6.07, 6.45) is 2.33. The van der Waals surface area contributed by atoms with E-state index in [0.717, 1.165) is 18.3 Å². The van der Waals surface area contributed by atoms with Gasteiger partial charge < -0.3 is 4.74 Å². The molecule has 4 heterocycles. The minimum Gasteiger partial charge on any atom is -0.457 e. The first-order chi connectivity index (χ1) is 55.6. The molecule has 6 heteroatoms. The van der Waals surface area contributed by atoms with Crippen molar-refractivity contribution in [3.63, 3.8) is 0 Å². The molecule has 0 amide bonds. The first-order valence-corrected chi connectivity index (χ1v) is 28.2. The number of ether oxygens (including phenoxy) is 1. The van der Waals surface area contributed by atoms with Gasteiger partial charge in [-0.3, -0.25) is 4.57 Å². The Kier molecular flexibility index (Phi) is 6.21. The molecule has 0 saturated carbocycles. The lowest BCUT2D eigenvalue weighted by Crippen LogP contribution is -2.74. The first-order valence-electron chi connectivity index (χ1n) is 43.7. The smallest absolute Gasteiger partial charge is 0.255 e. The van der Waals surface area contributed by atoms with Crippen molar-refractivity contribution < 1.29 is 57.3 Å². The van der Waals surface area contributed by atoms with Crippen molar-refractivity contribution in [1.29, 1.82) is 0 Å². The van der Waals surface area contributed by atoms with Gasteiger partial charge >= 0.3 is 0 Å². The van der Waals surface area contributed by atoms with Crippen LogP contribution in [0.1, 0.15) is 85.2 Å². The number of hydrogen-bond donors (Lipinski definition) is 0. The van der Waals surface area contributed by atoms with Crippen LogP contribution in [0.25, 0.3) is 94.5 Å². The van der Waals surface area contributed by atoms with Crippen molar-refractivity contribution in [2.45, 2.75) is 39.7 Å². The number of imidazole rings is 1. The van der Waals surface area contributed by atoms with Crippen LogP contribution >= 0.6 is 0 Å². The SMILES string of the molecule is [2H]c1c([2H])c([2H])c(-c2cc3c4c(c2)n(-c2cccc(Oc5ccc6c7ccccc7n(-c7cc(C([2H])([2H])[2H])c(C([2H])([2H])[2H])cn7)c6c5)c2)c[n+]4-c2c(cccc2C(C([2H])([2H])[2H])(C([2H])([2H])[2H])C([2H])([2H])[2H])-c2cc([Si](c4c([2H])c([2H])c([2H])c([2H])c4[2H])(c4c([2H])c([2H])c([2H])c([2H])c4[2H])c4c([2H])c([2H])c([2H])c([2H])c4[2H])ccc2-c2ccccc2-3)c([2H])c1[2H]. The lowest BCUT2D eigenvalue weighted by molar-refractivity contribution is -0.567. The summed E-state index contributed by atoms with van der Waals surface area (Å²) in [5.41, 5.74) is -6.12. The summed E-state index contributed by atoms with van der Waals surface area (Å²) < 4.78 is 333. The largest absolute Gasteiger partial charge is 0.457 e. The summed E-state index contributed by atoms with van der Waals surface area (Å²) >= 11 is 0. The molecule has 0 spiro atoms. The predicted molar refractivity (Wildman–Crippen MR) is 351 cm³/mol. The van der Waals surface area contributed by atoms with Gasteiger partial charge in [-0.25, -0.2) is 4.98 Å². The molecular weight excluding hydrogens is 1040 g/mol. The van der Waals surface area contributed by atoms with E-state index in [-0.39, 0.29) is 78.5 Å². The highest BCUT2D eigenvalue weighted by molar-refractivity contribution is 7.20. The third kappa shape index (κ3) is 8.27. The number of aromatic nitrogens is 4. The Labute approximate surface area is 540 Å². The molecule has 0 bridgehead atoms. The van der Waals surface area contributed by atoms with E-state index in [4.69, 9.17) is 21.2 Å². The minimum absolute atomic E-state index is 0.00232. The van der Waals surface area contributed by atoms with Gasteiger partial charge in [0.1, 0.15) is 28.7 Å². The maximum atomic E-state index is 9.93. The summed E-state index contributed by atoms with van der Waals surface area (Å²) in [5.74, 6) is 0.254. The Hall–Kier alpha value is -10.1. The topological polar surface area (TPSA) is 35.9 Å². The van der Waals surface area contributed by atoms with E-state index in [1.165, 1.54) is 64.0 Å². The number of fused-ring (bicyclic) bond motifs is 10. The molecule has 0 aliphatic carbocycles. The Morgan fingerprint density at radius 3 is 1.82 bits per heavy atom. The van der Waals surface area contributed by atoms with Crippen molar-refractivity contribution in [1.82, 2.24) is 14.1 Å². The molecule has 15 rings (SSSR count). The summed E-state index contributed by atoms with van der Waals surface area (Å²) in [6.45, 7) is -18.0. The van der Waals surface area contributed by atoms with Gasteiger partial charge in [0.15, 0.2) is 19.1 Å². The van der Waals surface area contributed by atoms with Gasteiger partial charge in [-0.05, 0) is 133 Å². The van der Waals surface area contributed by atoms with Crippen molar-refractivity contribution >= 4 is 61.7 Å². The molecule has 5 nitrogen and oxygen atoms in total. The zero-order valence-electron chi connectivity index (χ0n) is 78.7. The van der Waals surface area contributed by atoms with Crippen LogP contribution in [-0.4, -0.2) is 22.2 Å². The van der Waals surface area contributed by atoms with Crippen LogP contribution in [0.4, 0.5) is 0 Å². The molecule has 14 aromatic rings. The normalized spacial score (nSPS) is 18.8. The fourth-order valence-corrected chi connectivity index (χ4v) is 15.5. The summed E-state index contributed by atoms with van der Waals surface area (Å²) in [6, 6.07) is 16.0. The fourth-order valence-electron chi connectivity index (χ4n) is 11.7. The maximum absolute atomic E-state index is 9.93. The van der Waals surface area contributed by atoms with Gasteiger partial charge in [-0.2, -0.15) is 9.13 Å². The molecule has 1 aliphatic heterocycles. The quantitative estimate of drug-likeness (QED) is 0.0820. The van der Waals surface area contributed by atoms with Gasteiger partial charge in [-0.1, -0.05) is 226 Å². The molecule has 3 aromatic heterocycles. The molecular formula is C78H61N4OSi+. The van der Waals surface area contributed by atoms with E-state index < -0.39 is 212 Å². The third-order valence-electron chi connectivity index (χ3n) is 15.3. The standard InChI is InChI=1S/C78H61N4OSi/c1-52-44-75(79-50-53(52)2)82-72-39-21-20-36-66(72)67-42-40-58(48-73(67)82)83-57-27-22-26-56(47-57)80-51-81-76-68(37-23-38-71(76)78(3,4)5)69-49-62(84(59-28-12-7-13-29-59,60-30-14-8-15-31-60)61-32-16-9-17-33-61)41-43-65(69)63-34-18-19-35-64(63)70-45-55(46-74(80)77(70)81)54-24-10-6-11-25-54/h6-51H,1-5H3/q+1/i1D3,2D3,3D3,4D3,5D3,6D,7D,8D,9D,10D,11D,12D,13D,14D,15D,16D,17D,24D,25D,28D,29D,30D,31D,32D,33D. The monoisotopic (exact) mass is 1130 g/mol. The van der Waals surface area contributed by atoms with Crippen molar-refractivity contribution in [3.05, 3.63) is 296 Å². The number of benzene rings is 11. The number of pyridine rings is 1. The van der Waals surface area contributed by atoms with Gasteiger partial charge in [0, 0.05) is 66.4 Å². The zero-order chi connectivity index (χ0) is 86.6. The minimum atomic E-state index is -6.10. The van der Waals surface area contributed by atoms with E-state index >= 15 is 0 Å². The zero-order valence-corrected chi connectivity index (χ0v) is 44.7. The van der Waals surface area contributed by atoms with Gasteiger partial charge in [0.05, 0.1) is 38.4 Å². The van der Waals surface area contributed by atoms with Crippen molar-refractivity contribution in [3.8, 4) is 73.2 Å². The first kappa shape index (κ1) is 26.0. The molecule has 0 fully saturated rings. The van der Waals surface area contributed by atoms with Gasteiger partial charge in [0.2, 0.25) is 0 Å². The lowest BCUT2D eigenvalue weighted by atomic mass is 9.82. The highest BCUT2D eigenvalue weighted by Gasteiger charge is 2.43. The predicted octanol–water partition coefficient (Wildman–Crippen LogP) is 16.5. The Morgan fingerprint density at radius 2 is 1.11 bits per heavy atom. The average Bonchev–Trinajstić information content (AvgIpc) is 1.67. The molecule has 0 atom stereocenters. The highest BCUT2D eigenvalue weighted by atomic mass is 28.3. The van der Waals surface area contributed by atoms with Gasteiger partial charge in [-0.15, -0.1) is 0 Å². The van der Waals surface area contributed by atoms with Gasteiger partial charge in [0.25, 0.3) is 6.33 Å². The van der Waals surface area contributed by atoms with Crippen LogP contribution < -0.4 is 30.1 Å². The van der Waals surface area contributed by atoms with E-state index in [1.807, 2.05) is 6.07 Å². The Bertz CT molecular complexity index is 6410. The number of rotatable bonds is 9. The second kappa shape index (κ2) is 20.1. The van der Waals surface area contributed by atoms with Crippen molar-refractivity contribution in [2.24, 2.45) is 0 Å². The fraction of sp³-hybridized carbons (Fsp3) is 0.0769. The summed E-state index contributed by atoms with van der Waals surface area (Å²) in [7, 11) is -6.10. The van der Waals surface area contributed by atoms with Crippen LogP contribution in [0, 0.1) is 13.7 Å². The number of hydrogen-bond acceptors (Lipinski definition) is 2. The number of nitrogens with zero attached hydrogens (tertiary/aromatic N) is 4. The van der Waals surface area contributed by atoms with Crippen LogP contribution in [0.15, 0.2) is 279 Å². The van der Waals surface area contributed by atoms with E-state index in [2.05, 4.69) is 4.98 Å². The Morgan fingerprint density at radius 1 is 0.476 bits per heavy atom. The Balaban J connectivity index is 1.11. The van der Waals surface area contributed by atoms with Crippen LogP contribution in [0.2, 0.25) is 0 Å². The number of aryl methyl sites for hydroxylation is 2. The maximum Gasteiger partial charge on any atom is 0.255 e. The van der Waals surface area contributed by atoms with E-state index in [1.54, 1.807) is 83.4 Å². The number of para-hydroxylation sites is 2. The van der Waals surface area contributed by atoms with E-state index in [0.29, 0.717) is 21.8 Å². The third-order valence-corrected chi connectivity index (χ3v) is 19.4. The highest BCUT2D eigenvalue weighted by Crippen LogP contribution is 2.47. The molecule has 11 aromatic carbocycles. The molecule has 0 radical (unpaired) electrons. The lowest BCUT2D eigenvalue weighted by Gasteiger charge is -2.35. The molecule has 402 valence electrons. The molecule has 0 unspecified atom stereocenters. The molecule has 84 heavy (non-hydrogen) atoms. The average molecular weight is 1130 g/mol. The van der Waals surface area contributed by atoms with Crippen LogP contribution in [-0.2, 0) is 5.41 Å². The molecule has 1 aliphatic rings. The second-order valence-corrected chi connectivity index (χ2v) is 23.6. The van der Waals surface area contributed by atoms with Crippen molar-refractivity contribution in [2.75, 3.05) is 0 Å². The second-order valence-electron chi connectivity index (χ2n) is 20.0. The van der Waals surface area contributed by atoms with E-state index in [9.17, 15) is 31.5 Å². The van der Waals surface area contributed by atoms with Crippen LogP contribution in [0.3, 0.4) is 0 Å².